The zero-order valence-electron chi connectivity index (χ0n) is 11.3. The Morgan fingerprint density at radius 3 is 2.84 bits per heavy atom. The summed E-state index contributed by atoms with van der Waals surface area (Å²) in [5.41, 5.74) is 0.904. The summed E-state index contributed by atoms with van der Waals surface area (Å²) < 4.78 is 13.4. The normalized spacial score (nSPS) is 18.5. The van der Waals surface area contributed by atoms with Crippen LogP contribution in [-0.4, -0.2) is 18.1 Å². The van der Waals surface area contributed by atoms with Gasteiger partial charge in [0.1, 0.15) is 5.82 Å². The summed E-state index contributed by atoms with van der Waals surface area (Å²) in [4.78, 5) is 0. The van der Waals surface area contributed by atoms with Crippen LogP contribution in [0.15, 0.2) is 18.2 Å². The molecule has 1 saturated heterocycles. The van der Waals surface area contributed by atoms with Gasteiger partial charge in [-0.25, -0.2) is 4.39 Å². The lowest BCUT2D eigenvalue weighted by atomic mass is 9.90. The summed E-state index contributed by atoms with van der Waals surface area (Å²) in [7, 11) is 0. The Morgan fingerprint density at radius 1 is 1.42 bits per heavy atom. The van der Waals surface area contributed by atoms with Crippen LogP contribution in [0.1, 0.15) is 37.8 Å². The average molecular weight is 302 g/mol. The predicted octanol–water partition coefficient (Wildman–Crippen LogP) is 4.66. The molecule has 1 fully saturated rings. The van der Waals surface area contributed by atoms with Crippen LogP contribution in [-0.2, 0) is 0 Å². The SMILES string of the molecule is CCNC(CC1CCSCC1)c1cc(F)ccc1Cl. The Morgan fingerprint density at radius 2 is 2.16 bits per heavy atom. The Hall–Kier alpha value is -0.250. The molecule has 2 rings (SSSR count). The van der Waals surface area contributed by atoms with Crippen molar-refractivity contribution in [1.82, 2.24) is 5.32 Å². The van der Waals surface area contributed by atoms with E-state index in [0.29, 0.717) is 5.02 Å². The van der Waals surface area contributed by atoms with Gasteiger partial charge >= 0.3 is 0 Å². The van der Waals surface area contributed by atoms with Gasteiger partial charge in [0.25, 0.3) is 0 Å². The summed E-state index contributed by atoms with van der Waals surface area (Å²) in [5, 5.41) is 4.12. The van der Waals surface area contributed by atoms with E-state index in [1.807, 2.05) is 11.8 Å². The fourth-order valence-electron chi connectivity index (χ4n) is 2.66. The molecule has 1 atom stereocenters. The zero-order valence-corrected chi connectivity index (χ0v) is 12.9. The van der Waals surface area contributed by atoms with Gasteiger partial charge in [-0.1, -0.05) is 18.5 Å². The molecule has 0 spiro atoms. The van der Waals surface area contributed by atoms with Gasteiger partial charge in [0, 0.05) is 11.1 Å². The van der Waals surface area contributed by atoms with Crippen LogP contribution in [0.4, 0.5) is 4.39 Å². The molecule has 4 heteroatoms. The highest BCUT2D eigenvalue weighted by molar-refractivity contribution is 7.99. The molecular formula is C15H21ClFNS. The summed E-state index contributed by atoms with van der Waals surface area (Å²) in [6, 6.07) is 4.83. The van der Waals surface area contributed by atoms with Crippen LogP contribution in [0, 0.1) is 11.7 Å². The lowest BCUT2D eigenvalue weighted by Gasteiger charge is -2.27. The summed E-state index contributed by atoms with van der Waals surface area (Å²) in [6.07, 6.45) is 3.58. The van der Waals surface area contributed by atoms with Crippen LogP contribution >= 0.6 is 23.4 Å². The minimum absolute atomic E-state index is 0.168. The molecule has 0 radical (unpaired) electrons. The highest BCUT2D eigenvalue weighted by atomic mass is 35.5. The number of nitrogens with one attached hydrogen (secondary N) is 1. The van der Waals surface area contributed by atoms with Crippen molar-refractivity contribution in [2.45, 2.75) is 32.2 Å². The van der Waals surface area contributed by atoms with Crippen molar-refractivity contribution in [3.8, 4) is 0 Å². The second kappa shape index (κ2) is 7.51. The smallest absolute Gasteiger partial charge is 0.123 e. The number of hydrogen-bond donors (Lipinski definition) is 1. The first-order valence-electron chi connectivity index (χ1n) is 6.96. The number of halogens is 2. The summed E-state index contributed by atoms with van der Waals surface area (Å²) in [5.74, 6) is 3.02. The van der Waals surface area contributed by atoms with E-state index in [9.17, 15) is 4.39 Å². The van der Waals surface area contributed by atoms with Crippen LogP contribution in [0.5, 0.6) is 0 Å². The number of benzene rings is 1. The van der Waals surface area contributed by atoms with E-state index in [2.05, 4.69) is 12.2 Å². The van der Waals surface area contributed by atoms with Crippen molar-refractivity contribution in [1.29, 1.82) is 0 Å². The lowest BCUT2D eigenvalue weighted by molar-refractivity contribution is 0.374. The van der Waals surface area contributed by atoms with Crippen LogP contribution in [0.3, 0.4) is 0 Å². The molecule has 1 heterocycles. The Labute approximate surface area is 124 Å². The molecule has 0 bridgehead atoms. The van der Waals surface area contributed by atoms with Gasteiger partial charge in [-0.3, -0.25) is 0 Å². The first-order chi connectivity index (χ1) is 9.20. The number of hydrogen-bond acceptors (Lipinski definition) is 2. The van der Waals surface area contributed by atoms with Crippen LogP contribution in [0.25, 0.3) is 0 Å². The summed E-state index contributed by atoms with van der Waals surface area (Å²) >= 11 is 8.27. The third-order valence-corrected chi connectivity index (χ3v) is 5.09. The molecular weight excluding hydrogens is 281 g/mol. The third kappa shape index (κ3) is 4.37. The van der Waals surface area contributed by atoms with E-state index in [1.165, 1.54) is 30.4 Å². The van der Waals surface area contributed by atoms with E-state index >= 15 is 0 Å². The Balaban J connectivity index is 2.11. The molecule has 1 N–H and O–H groups in total. The molecule has 0 aliphatic carbocycles. The fourth-order valence-corrected chi connectivity index (χ4v) is 4.12. The molecule has 0 saturated carbocycles. The molecule has 1 aromatic rings. The monoisotopic (exact) mass is 301 g/mol. The predicted molar refractivity (Wildman–Crippen MR) is 82.5 cm³/mol. The van der Waals surface area contributed by atoms with Gasteiger partial charge in [-0.2, -0.15) is 11.8 Å². The quantitative estimate of drug-likeness (QED) is 0.848. The van der Waals surface area contributed by atoms with E-state index < -0.39 is 0 Å². The molecule has 1 aliphatic rings. The van der Waals surface area contributed by atoms with E-state index in [0.717, 1.165) is 24.4 Å². The maximum Gasteiger partial charge on any atom is 0.123 e. The Bertz CT molecular complexity index is 407. The minimum Gasteiger partial charge on any atom is -0.310 e. The van der Waals surface area contributed by atoms with Gasteiger partial charge in [-0.05, 0) is 67.0 Å². The zero-order chi connectivity index (χ0) is 13.7. The first kappa shape index (κ1) is 15.1. The van der Waals surface area contributed by atoms with E-state index in [4.69, 9.17) is 11.6 Å². The first-order valence-corrected chi connectivity index (χ1v) is 8.50. The van der Waals surface area contributed by atoms with E-state index in [-0.39, 0.29) is 11.9 Å². The standard InChI is InChI=1S/C15H21ClFNS/c1-2-18-15(9-11-5-7-19-8-6-11)13-10-12(17)3-4-14(13)16/h3-4,10-11,15,18H,2,5-9H2,1H3. The van der Waals surface area contributed by atoms with Gasteiger partial charge in [0.2, 0.25) is 0 Å². The minimum atomic E-state index is -0.207. The van der Waals surface area contributed by atoms with Crippen molar-refractivity contribution < 1.29 is 4.39 Å². The Kier molecular flexibility index (Phi) is 5.99. The van der Waals surface area contributed by atoms with Crippen LogP contribution < -0.4 is 5.32 Å². The number of rotatable bonds is 5. The highest BCUT2D eigenvalue weighted by Gasteiger charge is 2.21. The van der Waals surface area contributed by atoms with Crippen molar-refractivity contribution in [3.05, 3.63) is 34.6 Å². The highest BCUT2D eigenvalue weighted by Crippen LogP contribution is 2.33. The number of thioether (sulfide) groups is 1. The van der Waals surface area contributed by atoms with Crippen molar-refractivity contribution in [2.75, 3.05) is 18.1 Å². The van der Waals surface area contributed by atoms with Gasteiger partial charge in [-0.15, -0.1) is 0 Å². The fraction of sp³-hybridized carbons (Fsp3) is 0.600. The largest absolute Gasteiger partial charge is 0.310 e. The molecule has 0 aromatic heterocycles. The molecule has 106 valence electrons. The van der Waals surface area contributed by atoms with Gasteiger partial charge in [0.05, 0.1) is 0 Å². The second-order valence-corrected chi connectivity index (χ2v) is 6.70. The maximum absolute atomic E-state index is 13.4. The maximum atomic E-state index is 13.4. The second-order valence-electron chi connectivity index (χ2n) is 5.07. The van der Waals surface area contributed by atoms with Gasteiger partial charge in [0.15, 0.2) is 0 Å². The van der Waals surface area contributed by atoms with Gasteiger partial charge < -0.3 is 5.32 Å². The summed E-state index contributed by atoms with van der Waals surface area (Å²) in [6.45, 7) is 2.95. The molecule has 1 aromatic carbocycles. The topological polar surface area (TPSA) is 12.0 Å². The van der Waals surface area contributed by atoms with Crippen molar-refractivity contribution in [2.24, 2.45) is 5.92 Å². The molecule has 1 nitrogen and oxygen atoms in total. The molecule has 0 amide bonds. The van der Waals surface area contributed by atoms with Crippen molar-refractivity contribution >= 4 is 23.4 Å². The lowest BCUT2D eigenvalue weighted by Crippen LogP contribution is -2.25. The van der Waals surface area contributed by atoms with Crippen molar-refractivity contribution in [3.63, 3.8) is 0 Å². The third-order valence-electron chi connectivity index (χ3n) is 3.69. The van der Waals surface area contributed by atoms with E-state index in [1.54, 1.807) is 12.1 Å². The molecule has 19 heavy (non-hydrogen) atoms. The molecule has 1 unspecified atom stereocenters. The molecule has 1 aliphatic heterocycles. The van der Waals surface area contributed by atoms with Crippen LogP contribution in [0.2, 0.25) is 5.02 Å². The average Bonchev–Trinajstić information content (AvgIpc) is 2.42.